The number of imidazole rings is 1. The summed E-state index contributed by atoms with van der Waals surface area (Å²) in [5.41, 5.74) is 6.76. The highest BCUT2D eigenvalue weighted by Crippen LogP contribution is 2.34. The number of rotatable bonds is 3. The molecule has 2 aromatic heterocycles. The lowest BCUT2D eigenvalue weighted by Crippen LogP contribution is -2.03. The number of thiazole rings is 1. The van der Waals surface area contributed by atoms with Crippen LogP contribution < -0.4 is 0 Å². The zero-order valence-corrected chi connectivity index (χ0v) is 15.4. The Hall–Kier alpha value is -2.79. The third-order valence-corrected chi connectivity index (χ3v) is 6.10. The van der Waals surface area contributed by atoms with Gasteiger partial charge >= 0.3 is 0 Å². The average Bonchev–Trinajstić information content (AvgIpc) is 3.27. The number of benzene rings is 2. The van der Waals surface area contributed by atoms with Gasteiger partial charge in [-0.15, -0.1) is 11.3 Å². The molecule has 27 heavy (non-hydrogen) atoms. The SMILES string of the molecule is O=Cc1c(-c2ccc(F)cc2)nc2scc(-c3ccc4c(c3)CCCC4)n12. The van der Waals surface area contributed by atoms with Gasteiger partial charge in [-0.25, -0.2) is 9.37 Å². The Morgan fingerprint density at radius 3 is 2.52 bits per heavy atom. The molecule has 1 aliphatic carbocycles. The molecule has 2 aromatic carbocycles. The number of carbonyl (C=O) groups is 1. The topological polar surface area (TPSA) is 34.4 Å². The van der Waals surface area contributed by atoms with Gasteiger partial charge in [-0.05, 0) is 72.7 Å². The third-order valence-electron chi connectivity index (χ3n) is 5.27. The van der Waals surface area contributed by atoms with Crippen LogP contribution in [0.15, 0.2) is 47.8 Å². The molecule has 0 aliphatic heterocycles. The number of halogens is 1. The van der Waals surface area contributed by atoms with E-state index in [0.717, 1.165) is 40.9 Å². The van der Waals surface area contributed by atoms with Gasteiger partial charge in [-0.3, -0.25) is 9.20 Å². The minimum atomic E-state index is -0.304. The molecular weight excluding hydrogens is 359 g/mol. The summed E-state index contributed by atoms with van der Waals surface area (Å²) in [6.45, 7) is 0. The van der Waals surface area contributed by atoms with Gasteiger partial charge in [0.05, 0.1) is 5.69 Å². The van der Waals surface area contributed by atoms with E-state index in [-0.39, 0.29) is 5.82 Å². The van der Waals surface area contributed by atoms with E-state index in [1.165, 1.54) is 47.4 Å². The second kappa shape index (κ2) is 6.43. The number of fused-ring (bicyclic) bond motifs is 2. The van der Waals surface area contributed by atoms with Gasteiger partial charge in [0, 0.05) is 10.9 Å². The largest absolute Gasteiger partial charge is 0.296 e. The van der Waals surface area contributed by atoms with Crippen LogP contribution in [0.4, 0.5) is 4.39 Å². The summed E-state index contributed by atoms with van der Waals surface area (Å²) in [6.07, 6.45) is 5.59. The molecule has 0 unspecified atom stereocenters. The summed E-state index contributed by atoms with van der Waals surface area (Å²) >= 11 is 1.51. The molecule has 0 radical (unpaired) electrons. The Morgan fingerprint density at radius 1 is 1.00 bits per heavy atom. The maximum atomic E-state index is 13.3. The molecule has 5 rings (SSSR count). The molecule has 0 bridgehead atoms. The first-order chi connectivity index (χ1) is 13.2. The van der Waals surface area contributed by atoms with Crippen molar-refractivity contribution in [3.05, 3.63) is 70.5 Å². The second-order valence-electron chi connectivity index (χ2n) is 6.90. The summed E-state index contributed by atoms with van der Waals surface area (Å²) < 4.78 is 15.2. The molecular formula is C22H17FN2OS. The summed E-state index contributed by atoms with van der Waals surface area (Å²) in [5, 5.41) is 2.05. The zero-order chi connectivity index (χ0) is 18.4. The standard InChI is InChI=1S/C22H17FN2OS/c23-18-9-7-15(8-10-18)21-19(12-26)25-20(13-27-22(25)24-21)17-6-5-14-3-1-2-4-16(14)11-17/h5-13H,1-4H2. The monoisotopic (exact) mass is 376 g/mol. The van der Waals surface area contributed by atoms with Gasteiger partial charge in [0.1, 0.15) is 17.2 Å². The van der Waals surface area contributed by atoms with Crippen LogP contribution in [-0.4, -0.2) is 15.7 Å². The van der Waals surface area contributed by atoms with E-state index >= 15 is 0 Å². The number of hydrogen-bond acceptors (Lipinski definition) is 3. The van der Waals surface area contributed by atoms with Crippen molar-refractivity contribution < 1.29 is 9.18 Å². The summed E-state index contributed by atoms with van der Waals surface area (Å²) in [6, 6.07) is 12.7. The van der Waals surface area contributed by atoms with Crippen molar-refractivity contribution >= 4 is 22.6 Å². The average molecular weight is 376 g/mol. The first-order valence-corrected chi connectivity index (χ1v) is 9.96. The molecule has 0 amide bonds. The van der Waals surface area contributed by atoms with Crippen LogP contribution in [0.3, 0.4) is 0 Å². The Morgan fingerprint density at radius 2 is 1.74 bits per heavy atom. The van der Waals surface area contributed by atoms with Gasteiger partial charge in [-0.1, -0.05) is 12.1 Å². The van der Waals surface area contributed by atoms with Crippen LogP contribution in [0.5, 0.6) is 0 Å². The number of aryl methyl sites for hydroxylation is 2. The summed E-state index contributed by atoms with van der Waals surface area (Å²) in [5.74, 6) is -0.304. The molecule has 0 atom stereocenters. The third kappa shape index (κ3) is 2.70. The fraction of sp³-hybridized carbons (Fsp3) is 0.182. The lowest BCUT2D eigenvalue weighted by Gasteiger charge is -2.16. The molecule has 2 heterocycles. The number of aldehydes is 1. The highest BCUT2D eigenvalue weighted by atomic mass is 32.1. The normalized spacial score (nSPS) is 13.7. The van der Waals surface area contributed by atoms with Gasteiger partial charge in [0.2, 0.25) is 0 Å². The number of carbonyl (C=O) groups excluding carboxylic acids is 1. The maximum Gasteiger partial charge on any atom is 0.195 e. The van der Waals surface area contributed by atoms with Crippen LogP contribution in [0.2, 0.25) is 0 Å². The fourth-order valence-corrected chi connectivity index (χ4v) is 4.81. The van der Waals surface area contributed by atoms with Gasteiger partial charge in [0.25, 0.3) is 0 Å². The molecule has 0 saturated heterocycles. The van der Waals surface area contributed by atoms with Crippen molar-refractivity contribution in [2.45, 2.75) is 25.7 Å². The Labute approximate surface area is 160 Å². The summed E-state index contributed by atoms with van der Waals surface area (Å²) in [7, 11) is 0. The molecule has 5 heteroatoms. The lowest BCUT2D eigenvalue weighted by molar-refractivity contribution is 0.111. The molecule has 0 N–H and O–H groups in total. The highest BCUT2D eigenvalue weighted by Gasteiger charge is 2.19. The van der Waals surface area contributed by atoms with Crippen molar-refractivity contribution in [1.29, 1.82) is 0 Å². The van der Waals surface area contributed by atoms with Gasteiger partial charge < -0.3 is 0 Å². The Bertz CT molecular complexity index is 1160. The van der Waals surface area contributed by atoms with E-state index in [2.05, 4.69) is 23.2 Å². The van der Waals surface area contributed by atoms with Crippen molar-refractivity contribution in [2.75, 3.05) is 0 Å². The maximum absolute atomic E-state index is 13.3. The van der Waals surface area contributed by atoms with Crippen molar-refractivity contribution in [3.63, 3.8) is 0 Å². The van der Waals surface area contributed by atoms with Crippen molar-refractivity contribution in [1.82, 2.24) is 9.38 Å². The first kappa shape index (κ1) is 16.4. The zero-order valence-electron chi connectivity index (χ0n) is 14.6. The predicted octanol–water partition coefficient (Wildman–Crippen LogP) is 5.56. The fourth-order valence-electron chi connectivity index (χ4n) is 3.90. The van der Waals surface area contributed by atoms with E-state index in [0.29, 0.717) is 11.4 Å². The first-order valence-electron chi connectivity index (χ1n) is 9.08. The van der Waals surface area contributed by atoms with Crippen LogP contribution in [0.1, 0.15) is 34.5 Å². The van der Waals surface area contributed by atoms with Crippen molar-refractivity contribution in [3.8, 4) is 22.5 Å². The number of aromatic nitrogens is 2. The van der Waals surface area contributed by atoms with Crippen LogP contribution in [0.25, 0.3) is 27.5 Å². The van der Waals surface area contributed by atoms with Crippen molar-refractivity contribution in [2.24, 2.45) is 0 Å². The number of hydrogen-bond donors (Lipinski definition) is 0. The second-order valence-corrected chi connectivity index (χ2v) is 7.74. The van der Waals surface area contributed by atoms with E-state index in [1.54, 1.807) is 12.1 Å². The molecule has 134 valence electrons. The molecule has 0 fully saturated rings. The quantitative estimate of drug-likeness (QED) is 0.439. The van der Waals surface area contributed by atoms with Crippen LogP contribution >= 0.6 is 11.3 Å². The summed E-state index contributed by atoms with van der Waals surface area (Å²) in [4.78, 5) is 17.3. The minimum absolute atomic E-state index is 0.304. The smallest absolute Gasteiger partial charge is 0.195 e. The lowest BCUT2D eigenvalue weighted by atomic mass is 9.90. The predicted molar refractivity (Wildman–Crippen MR) is 106 cm³/mol. The molecule has 3 nitrogen and oxygen atoms in total. The van der Waals surface area contributed by atoms with Gasteiger partial charge in [0.15, 0.2) is 11.2 Å². The van der Waals surface area contributed by atoms with Crippen LogP contribution in [-0.2, 0) is 12.8 Å². The van der Waals surface area contributed by atoms with E-state index in [4.69, 9.17) is 0 Å². The van der Waals surface area contributed by atoms with E-state index in [1.807, 2.05) is 9.78 Å². The Balaban J connectivity index is 1.68. The molecule has 0 saturated carbocycles. The number of nitrogens with zero attached hydrogens (tertiary/aromatic N) is 2. The van der Waals surface area contributed by atoms with Crippen LogP contribution in [0, 0.1) is 5.82 Å². The molecule has 0 spiro atoms. The minimum Gasteiger partial charge on any atom is -0.296 e. The molecule has 4 aromatic rings. The highest BCUT2D eigenvalue weighted by molar-refractivity contribution is 7.15. The van der Waals surface area contributed by atoms with E-state index < -0.39 is 0 Å². The van der Waals surface area contributed by atoms with Gasteiger partial charge in [-0.2, -0.15) is 0 Å². The molecule has 1 aliphatic rings. The Kier molecular flexibility index (Phi) is 3.90. The van der Waals surface area contributed by atoms with E-state index in [9.17, 15) is 9.18 Å².